The van der Waals surface area contributed by atoms with Crippen molar-refractivity contribution < 1.29 is 9.47 Å². The van der Waals surface area contributed by atoms with Gasteiger partial charge >= 0.3 is 0 Å². The van der Waals surface area contributed by atoms with Crippen molar-refractivity contribution >= 4 is 5.69 Å². The molecule has 2 aliphatic rings. The summed E-state index contributed by atoms with van der Waals surface area (Å²) in [5.74, 6) is 0.964. The van der Waals surface area contributed by atoms with Crippen molar-refractivity contribution in [2.75, 3.05) is 44.8 Å². The van der Waals surface area contributed by atoms with Crippen LogP contribution in [0.25, 0.3) is 0 Å². The third kappa shape index (κ3) is 2.53. The smallest absolute Gasteiger partial charge is 0.142 e. The Morgan fingerprint density at radius 3 is 2.94 bits per heavy atom. The van der Waals surface area contributed by atoms with Gasteiger partial charge in [0.15, 0.2) is 0 Å². The third-order valence-electron chi connectivity index (χ3n) is 3.27. The molecule has 0 aromatic heterocycles. The molecule has 0 amide bonds. The number of anilines is 1. The summed E-state index contributed by atoms with van der Waals surface area (Å²) in [5, 5.41) is 3.54. The average molecular weight is 234 g/mol. The first-order chi connectivity index (χ1) is 8.42. The highest BCUT2D eigenvalue weighted by atomic mass is 16.5. The van der Waals surface area contributed by atoms with Crippen LogP contribution in [0.4, 0.5) is 5.69 Å². The molecule has 1 N–H and O–H groups in total. The quantitative estimate of drug-likeness (QED) is 0.833. The Kier molecular flexibility index (Phi) is 3.16. The monoisotopic (exact) mass is 234 g/mol. The van der Waals surface area contributed by atoms with Crippen LogP contribution in [0.15, 0.2) is 24.3 Å². The van der Waals surface area contributed by atoms with Gasteiger partial charge in [0.2, 0.25) is 0 Å². The van der Waals surface area contributed by atoms with Gasteiger partial charge in [-0.15, -0.1) is 0 Å². The lowest BCUT2D eigenvalue weighted by Crippen LogP contribution is -2.46. The maximum Gasteiger partial charge on any atom is 0.142 e. The van der Waals surface area contributed by atoms with Gasteiger partial charge in [0, 0.05) is 19.6 Å². The van der Waals surface area contributed by atoms with E-state index in [0.29, 0.717) is 6.04 Å². The second-order valence-electron chi connectivity index (χ2n) is 4.56. The highest BCUT2D eigenvalue weighted by Crippen LogP contribution is 2.28. The van der Waals surface area contributed by atoms with Gasteiger partial charge in [-0.2, -0.15) is 0 Å². The molecule has 0 aliphatic carbocycles. The molecule has 1 aromatic rings. The molecule has 17 heavy (non-hydrogen) atoms. The van der Waals surface area contributed by atoms with E-state index in [4.69, 9.17) is 9.47 Å². The first-order valence-electron chi connectivity index (χ1n) is 6.20. The highest BCUT2D eigenvalue weighted by molar-refractivity contribution is 5.58. The first kappa shape index (κ1) is 10.9. The lowest BCUT2D eigenvalue weighted by Gasteiger charge is -2.33. The van der Waals surface area contributed by atoms with E-state index < -0.39 is 0 Å². The summed E-state index contributed by atoms with van der Waals surface area (Å²) in [5.41, 5.74) is 1.11. The van der Waals surface area contributed by atoms with Gasteiger partial charge in [0.05, 0.1) is 24.9 Å². The molecule has 0 spiro atoms. The standard InChI is InChI=1S/C13H18N2O2/c1-2-4-13-12(3-1)14-11(10-17-13)9-15-5-7-16-8-6-15/h1-4,11,14H,5-10H2/t11-/m0/s1. The van der Waals surface area contributed by atoms with E-state index in [2.05, 4.69) is 16.3 Å². The van der Waals surface area contributed by atoms with Crippen LogP contribution in [0, 0.1) is 0 Å². The van der Waals surface area contributed by atoms with Crippen molar-refractivity contribution in [3.63, 3.8) is 0 Å². The van der Waals surface area contributed by atoms with Gasteiger partial charge in [0.1, 0.15) is 12.4 Å². The summed E-state index contributed by atoms with van der Waals surface area (Å²) < 4.78 is 11.1. The number of rotatable bonds is 2. The van der Waals surface area contributed by atoms with Crippen LogP contribution in [0.2, 0.25) is 0 Å². The lowest BCUT2D eigenvalue weighted by atomic mass is 10.2. The maximum absolute atomic E-state index is 5.76. The molecule has 0 radical (unpaired) electrons. The number of nitrogens with one attached hydrogen (secondary N) is 1. The van der Waals surface area contributed by atoms with Crippen LogP contribution in [0.3, 0.4) is 0 Å². The number of ether oxygens (including phenoxy) is 2. The number of hydrogen-bond acceptors (Lipinski definition) is 4. The number of para-hydroxylation sites is 2. The van der Waals surface area contributed by atoms with E-state index in [1.54, 1.807) is 0 Å². The minimum absolute atomic E-state index is 0.378. The first-order valence-corrected chi connectivity index (χ1v) is 6.20. The number of benzene rings is 1. The van der Waals surface area contributed by atoms with Crippen LogP contribution in [0.1, 0.15) is 0 Å². The molecule has 1 atom stereocenters. The predicted octanol–water partition coefficient (Wildman–Crippen LogP) is 1.19. The maximum atomic E-state index is 5.76. The van der Waals surface area contributed by atoms with Crippen molar-refractivity contribution in [2.24, 2.45) is 0 Å². The third-order valence-corrected chi connectivity index (χ3v) is 3.27. The topological polar surface area (TPSA) is 33.7 Å². The average Bonchev–Trinajstić information content (AvgIpc) is 2.40. The second-order valence-corrected chi connectivity index (χ2v) is 4.56. The fourth-order valence-electron chi connectivity index (χ4n) is 2.36. The Hall–Kier alpha value is -1.26. The molecule has 3 rings (SSSR count). The lowest BCUT2D eigenvalue weighted by molar-refractivity contribution is 0.0336. The van der Waals surface area contributed by atoms with E-state index in [1.807, 2.05) is 18.2 Å². The zero-order valence-electron chi connectivity index (χ0n) is 9.89. The van der Waals surface area contributed by atoms with Crippen molar-refractivity contribution in [3.05, 3.63) is 24.3 Å². The molecular formula is C13H18N2O2. The SMILES string of the molecule is c1ccc2c(c1)N[C@@H](CN1CCOCC1)CO2. The Labute approximate surface area is 102 Å². The number of fused-ring (bicyclic) bond motifs is 1. The van der Waals surface area contributed by atoms with Crippen molar-refractivity contribution in [1.29, 1.82) is 0 Å². The van der Waals surface area contributed by atoms with Crippen LogP contribution >= 0.6 is 0 Å². The van der Waals surface area contributed by atoms with E-state index in [9.17, 15) is 0 Å². The molecule has 1 saturated heterocycles. The molecule has 2 aliphatic heterocycles. The van der Waals surface area contributed by atoms with Gasteiger partial charge in [-0.1, -0.05) is 12.1 Å². The summed E-state index contributed by atoms with van der Waals surface area (Å²) in [4.78, 5) is 2.43. The van der Waals surface area contributed by atoms with E-state index in [0.717, 1.165) is 50.9 Å². The summed E-state index contributed by atoms with van der Waals surface area (Å²) in [7, 11) is 0. The van der Waals surface area contributed by atoms with E-state index in [1.165, 1.54) is 0 Å². The highest BCUT2D eigenvalue weighted by Gasteiger charge is 2.21. The summed E-state index contributed by atoms with van der Waals surface area (Å²) in [6, 6.07) is 8.49. The Bertz CT molecular complexity index is 377. The summed E-state index contributed by atoms with van der Waals surface area (Å²) >= 11 is 0. The number of hydrogen-bond donors (Lipinski definition) is 1. The Morgan fingerprint density at radius 1 is 1.24 bits per heavy atom. The minimum atomic E-state index is 0.378. The van der Waals surface area contributed by atoms with Crippen molar-refractivity contribution in [1.82, 2.24) is 4.90 Å². The van der Waals surface area contributed by atoms with Gasteiger partial charge in [0.25, 0.3) is 0 Å². The van der Waals surface area contributed by atoms with Gasteiger partial charge in [-0.25, -0.2) is 0 Å². The summed E-state index contributed by atoms with van der Waals surface area (Å²) in [6.45, 7) is 5.53. The van der Waals surface area contributed by atoms with Crippen LogP contribution in [-0.2, 0) is 4.74 Å². The van der Waals surface area contributed by atoms with Gasteiger partial charge < -0.3 is 14.8 Å². The minimum Gasteiger partial charge on any atom is -0.489 e. The van der Waals surface area contributed by atoms with Gasteiger partial charge in [-0.3, -0.25) is 4.90 Å². The van der Waals surface area contributed by atoms with Crippen molar-refractivity contribution in [3.8, 4) is 5.75 Å². The van der Waals surface area contributed by atoms with E-state index in [-0.39, 0.29) is 0 Å². The van der Waals surface area contributed by atoms with Gasteiger partial charge in [-0.05, 0) is 12.1 Å². The van der Waals surface area contributed by atoms with Crippen LogP contribution < -0.4 is 10.1 Å². The summed E-state index contributed by atoms with van der Waals surface area (Å²) in [6.07, 6.45) is 0. The molecule has 4 heteroatoms. The van der Waals surface area contributed by atoms with Crippen LogP contribution in [0.5, 0.6) is 5.75 Å². The Morgan fingerprint density at radius 2 is 2.06 bits per heavy atom. The normalized spacial score (nSPS) is 24.6. The molecule has 0 bridgehead atoms. The molecule has 1 aromatic carbocycles. The molecule has 4 nitrogen and oxygen atoms in total. The molecular weight excluding hydrogens is 216 g/mol. The second kappa shape index (κ2) is 4.94. The zero-order chi connectivity index (χ0) is 11.5. The number of morpholine rings is 1. The molecule has 0 unspecified atom stereocenters. The largest absolute Gasteiger partial charge is 0.489 e. The van der Waals surface area contributed by atoms with Crippen molar-refractivity contribution in [2.45, 2.75) is 6.04 Å². The molecule has 0 saturated carbocycles. The fraction of sp³-hybridized carbons (Fsp3) is 0.538. The zero-order valence-corrected chi connectivity index (χ0v) is 9.89. The van der Waals surface area contributed by atoms with Crippen LogP contribution in [-0.4, -0.2) is 50.4 Å². The van der Waals surface area contributed by atoms with E-state index >= 15 is 0 Å². The predicted molar refractivity (Wildman–Crippen MR) is 66.6 cm³/mol. The Balaban J connectivity index is 1.60. The molecule has 92 valence electrons. The fourth-order valence-corrected chi connectivity index (χ4v) is 2.36. The number of nitrogens with zero attached hydrogens (tertiary/aromatic N) is 1. The molecule has 2 heterocycles. The molecule has 1 fully saturated rings.